The van der Waals surface area contributed by atoms with Crippen molar-refractivity contribution < 1.29 is 33.0 Å². The number of hydrogen-bond acceptors (Lipinski definition) is 6. The standard InChI is InChI=1S/C25H21FN2O6/c1-32-22-11-4-17(13-28-24(30)23(29)27-25(28)31)12-18(22)15-33-14-16-2-7-20(8-3-16)34-21-9-5-19(26)6-10-21/h2-12H,13-15H2,1H3,(H,27,29,31). The van der Waals surface area contributed by atoms with Gasteiger partial charge in [0.05, 0.1) is 26.9 Å². The van der Waals surface area contributed by atoms with E-state index in [1.165, 1.54) is 19.2 Å². The summed E-state index contributed by atoms with van der Waals surface area (Å²) in [6, 6.07) is 17.5. The van der Waals surface area contributed by atoms with Gasteiger partial charge in [0.2, 0.25) is 0 Å². The van der Waals surface area contributed by atoms with Crippen LogP contribution < -0.4 is 14.8 Å². The van der Waals surface area contributed by atoms with Crippen molar-refractivity contribution >= 4 is 17.8 Å². The molecule has 0 bridgehead atoms. The lowest BCUT2D eigenvalue weighted by Crippen LogP contribution is -2.30. The summed E-state index contributed by atoms with van der Waals surface area (Å²) in [6.45, 7) is 0.512. The SMILES string of the molecule is COc1ccc(CN2C(=O)NC(=O)C2=O)cc1COCc1ccc(Oc2ccc(F)cc2)cc1. The van der Waals surface area contributed by atoms with Gasteiger partial charge < -0.3 is 14.2 Å². The largest absolute Gasteiger partial charge is 0.496 e. The molecule has 0 spiro atoms. The normalized spacial score (nSPS) is 13.2. The number of ether oxygens (including phenoxy) is 3. The van der Waals surface area contributed by atoms with Gasteiger partial charge in [-0.25, -0.2) is 9.18 Å². The van der Waals surface area contributed by atoms with E-state index in [1.54, 1.807) is 42.5 Å². The second-order valence-corrected chi connectivity index (χ2v) is 7.49. The van der Waals surface area contributed by atoms with E-state index in [0.717, 1.165) is 16.0 Å². The van der Waals surface area contributed by atoms with Crippen LogP contribution in [0, 0.1) is 5.82 Å². The van der Waals surface area contributed by atoms with Crippen LogP contribution in [0.1, 0.15) is 16.7 Å². The Hall–Kier alpha value is -4.24. The van der Waals surface area contributed by atoms with Gasteiger partial charge in [-0.3, -0.25) is 19.8 Å². The molecule has 8 nitrogen and oxygen atoms in total. The summed E-state index contributed by atoms with van der Waals surface area (Å²) < 4.78 is 29.9. The van der Waals surface area contributed by atoms with E-state index < -0.39 is 17.8 Å². The molecule has 4 rings (SSSR count). The number of benzene rings is 3. The maximum Gasteiger partial charge on any atom is 0.331 e. The van der Waals surface area contributed by atoms with Gasteiger partial charge in [-0.05, 0) is 59.7 Å². The summed E-state index contributed by atoms with van der Waals surface area (Å²) in [5, 5.41) is 1.97. The van der Waals surface area contributed by atoms with Crippen LogP contribution in [0.25, 0.3) is 0 Å². The quantitative estimate of drug-likeness (QED) is 0.381. The molecule has 3 aromatic rings. The summed E-state index contributed by atoms with van der Waals surface area (Å²) >= 11 is 0. The lowest BCUT2D eigenvalue weighted by molar-refractivity contribution is -0.140. The highest BCUT2D eigenvalue weighted by molar-refractivity contribution is 6.44. The summed E-state index contributed by atoms with van der Waals surface area (Å²) in [4.78, 5) is 35.8. The highest BCUT2D eigenvalue weighted by Gasteiger charge is 2.36. The number of nitrogens with one attached hydrogen (secondary N) is 1. The Kier molecular flexibility index (Phi) is 6.84. The topological polar surface area (TPSA) is 94.2 Å². The molecule has 0 aliphatic carbocycles. The summed E-state index contributed by atoms with van der Waals surface area (Å²) in [5.41, 5.74) is 2.30. The van der Waals surface area contributed by atoms with Crippen LogP contribution in [-0.2, 0) is 34.1 Å². The van der Waals surface area contributed by atoms with Gasteiger partial charge in [-0.2, -0.15) is 0 Å². The fraction of sp³-hybridized carbons (Fsp3) is 0.160. The van der Waals surface area contributed by atoms with Crippen molar-refractivity contribution in [3.05, 3.63) is 89.2 Å². The molecule has 1 aliphatic rings. The molecule has 3 aromatic carbocycles. The minimum Gasteiger partial charge on any atom is -0.496 e. The predicted octanol–water partition coefficient (Wildman–Crippen LogP) is 3.92. The van der Waals surface area contributed by atoms with Gasteiger partial charge in [-0.15, -0.1) is 0 Å². The lowest BCUT2D eigenvalue weighted by atomic mass is 10.1. The predicted molar refractivity (Wildman–Crippen MR) is 118 cm³/mol. The number of methoxy groups -OCH3 is 1. The average molecular weight is 464 g/mol. The zero-order chi connectivity index (χ0) is 24.1. The minimum atomic E-state index is -0.934. The number of carbonyl (C=O) groups is 3. The van der Waals surface area contributed by atoms with Gasteiger partial charge in [0.1, 0.15) is 23.1 Å². The Morgan fingerprint density at radius 3 is 2.12 bits per heavy atom. The highest BCUT2D eigenvalue weighted by Crippen LogP contribution is 2.24. The average Bonchev–Trinajstić information content (AvgIpc) is 3.08. The van der Waals surface area contributed by atoms with Gasteiger partial charge in [-0.1, -0.05) is 18.2 Å². The molecule has 1 heterocycles. The first kappa shape index (κ1) is 22.9. The molecule has 1 saturated heterocycles. The number of imide groups is 2. The monoisotopic (exact) mass is 464 g/mol. The first-order valence-corrected chi connectivity index (χ1v) is 10.4. The molecule has 0 saturated carbocycles. The molecule has 0 atom stereocenters. The third-order valence-electron chi connectivity index (χ3n) is 5.09. The van der Waals surface area contributed by atoms with Crippen LogP contribution in [0.4, 0.5) is 9.18 Å². The van der Waals surface area contributed by atoms with Gasteiger partial charge in [0.15, 0.2) is 0 Å². The summed E-state index contributed by atoms with van der Waals surface area (Å²) in [7, 11) is 1.54. The van der Waals surface area contributed by atoms with E-state index >= 15 is 0 Å². The summed E-state index contributed by atoms with van der Waals surface area (Å²) in [6.07, 6.45) is 0. The van der Waals surface area contributed by atoms with Crippen LogP contribution in [0.15, 0.2) is 66.7 Å². The first-order valence-electron chi connectivity index (χ1n) is 10.4. The van der Waals surface area contributed by atoms with Crippen molar-refractivity contribution in [1.82, 2.24) is 10.2 Å². The van der Waals surface area contributed by atoms with Crippen LogP contribution >= 0.6 is 0 Å². The Labute approximate surface area is 194 Å². The molecule has 4 amide bonds. The number of amides is 4. The molecule has 1 aliphatic heterocycles. The van der Waals surface area contributed by atoms with Gasteiger partial charge in [0, 0.05) is 5.56 Å². The Morgan fingerprint density at radius 2 is 1.50 bits per heavy atom. The van der Waals surface area contributed by atoms with Crippen LogP contribution in [-0.4, -0.2) is 29.9 Å². The molecule has 0 radical (unpaired) electrons. The second kappa shape index (κ2) is 10.1. The van der Waals surface area contributed by atoms with Crippen molar-refractivity contribution in [2.24, 2.45) is 0 Å². The molecule has 0 aromatic heterocycles. The van der Waals surface area contributed by atoms with Crippen LogP contribution in [0.5, 0.6) is 17.2 Å². The van der Waals surface area contributed by atoms with Crippen molar-refractivity contribution in [1.29, 1.82) is 0 Å². The molecule has 1 fully saturated rings. The van der Waals surface area contributed by atoms with Crippen molar-refractivity contribution in [3.63, 3.8) is 0 Å². The zero-order valence-electron chi connectivity index (χ0n) is 18.2. The fourth-order valence-electron chi connectivity index (χ4n) is 3.37. The number of halogens is 1. The molecule has 34 heavy (non-hydrogen) atoms. The zero-order valence-corrected chi connectivity index (χ0v) is 18.2. The lowest BCUT2D eigenvalue weighted by Gasteiger charge is -2.15. The van der Waals surface area contributed by atoms with Crippen LogP contribution in [0.2, 0.25) is 0 Å². The highest BCUT2D eigenvalue weighted by atomic mass is 19.1. The van der Waals surface area contributed by atoms with Crippen molar-refractivity contribution in [2.45, 2.75) is 19.8 Å². The number of hydrogen-bond donors (Lipinski definition) is 1. The van der Waals surface area contributed by atoms with E-state index in [4.69, 9.17) is 14.2 Å². The number of rotatable bonds is 9. The third kappa shape index (κ3) is 5.38. The smallest absolute Gasteiger partial charge is 0.331 e. The Morgan fingerprint density at radius 1 is 0.853 bits per heavy atom. The Bertz CT molecular complexity index is 1210. The maximum absolute atomic E-state index is 13.0. The molecule has 174 valence electrons. The molecular weight excluding hydrogens is 443 g/mol. The van der Waals surface area contributed by atoms with E-state index in [-0.39, 0.29) is 19.0 Å². The summed E-state index contributed by atoms with van der Waals surface area (Å²) in [5.74, 6) is -0.396. The fourth-order valence-corrected chi connectivity index (χ4v) is 3.37. The van der Waals surface area contributed by atoms with E-state index in [9.17, 15) is 18.8 Å². The molecule has 9 heteroatoms. The van der Waals surface area contributed by atoms with Crippen molar-refractivity contribution in [2.75, 3.05) is 7.11 Å². The first-order chi connectivity index (χ1) is 16.4. The molecular formula is C25H21FN2O6. The van der Waals surface area contributed by atoms with E-state index in [1.807, 2.05) is 17.4 Å². The molecule has 0 unspecified atom stereocenters. The maximum atomic E-state index is 13.0. The van der Waals surface area contributed by atoms with Gasteiger partial charge in [0.25, 0.3) is 0 Å². The number of nitrogens with zero attached hydrogens (tertiary/aromatic N) is 1. The van der Waals surface area contributed by atoms with E-state index in [0.29, 0.717) is 29.4 Å². The Balaban J connectivity index is 1.35. The number of carbonyl (C=O) groups excluding carboxylic acids is 3. The van der Waals surface area contributed by atoms with E-state index in [2.05, 4.69) is 0 Å². The number of urea groups is 1. The second-order valence-electron chi connectivity index (χ2n) is 7.49. The van der Waals surface area contributed by atoms with Crippen molar-refractivity contribution in [3.8, 4) is 17.2 Å². The van der Waals surface area contributed by atoms with Gasteiger partial charge >= 0.3 is 17.8 Å². The van der Waals surface area contributed by atoms with Crippen LogP contribution in [0.3, 0.4) is 0 Å². The third-order valence-corrected chi connectivity index (χ3v) is 5.09. The molecule has 1 N–H and O–H groups in total. The minimum absolute atomic E-state index is 0.0388.